The Kier molecular flexibility index (Phi) is 6.57. The van der Waals surface area contributed by atoms with Gasteiger partial charge in [0.25, 0.3) is 5.91 Å². The van der Waals surface area contributed by atoms with Gasteiger partial charge in [-0.15, -0.1) is 0 Å². The fraction of sp³-hybridized carbons (Fsp3) is 0.130. The number of aryl methyl sites for hydroxylation is 2. The predicted molar refractivity (Wildman–Crippen MR) is 116 cm³/mol. The lowest BCUT2D eigenvalue weighted by molar-refractivity contribution is -0.118. The topological polar surface area (TPSA) is 81.4 Å². The number of benzene rings is 3. The molecule has 0 aliphatic rings. The molecule has 6 heteroatoms. The van der Waals surface area contributed by atoms with Gasteiger partial charge >= 0.3 is 0 Å². The van der Waals surface area contributed by atoms with Gasteiger partial charge < -0.3 is 15.8 Å². The van der Waals surface area contributed by atoms with Gasteiger partial charge in [0.1, 0.15) is 5.75 Å². The van der Waals surface area contributed by atoms with Gasteiger partial charge in [0.05, 0.1) is 0 Å². The van der Waals surface area contributed by atoms with Crippen LogP contribution in [-0.2, 0) is 4.79 Å². The van der Waals surface area contributed by atoms with Crippen molar-refractivity contribution in [3.05, 3.63) is 83.4 Å². The van der Waals surface area contributed by atoms with Gasteiger partial charge in [0, 0.05) is 21.0 Å². The van der Waals surface area contributed by atoms with E-state index < -0.39 is 5.91 Å². The van der Waals surface area contributed by atoms with Crippen LogP contribution in [0.2, 0.25) is 0 Å². The second-order valence-corrected chi connectivity index (χ2v) is 7.74. The number of carbonyl (C=O) groups excluding carboxylic acids is 2. The van der Waals surface area contributed by atoms with E-state index in [0.29, 0.717) is 17.0 Å². The number of rotatable bonds is 7. The summed E-state index contributed by atoms with van der Waals surface area (Å²) < 4.78 is 5.43. The number of anilines is 1. The first-order chi connectivity index (χ1) is 13.9. The number of primary amides is 1. The molecule has 3 aromatic rings. The standard InChI is InChI=1S/C23H22N2O3S/c1-15-3-10-21(13-16(15)2)29-20-11-6-18(7-12-20)25-22(26)14-28-19-8-4-17(5-9-19)23(24)27/h3-13H,14H2,1-2H3,(H2,24,27)(H,25,26). The van der Waals surface area contributed by atoms with Gasteiger partial charge in [0.15, 0.2) is 6.61 Å². The van der Waals surface area contributed by atoms with E-state index in [9.17, 15) is 9.59 Å². The molecule has 0 aliphatic carbocycles. The summed E-state index contributed by atoms with van der Waals surface area (Å²) in [4.78, 5) is 25.4. The molecular weight excluding hydrogens is 384 g/mol. The Morgan fingerprint density at radius 3 is 2.17 bits per heavy atom. The van der Waals surface area contributed by atoms with Crippen molar-refractivity contribution in [3.63, 3.8) is 0 Å². The van der Waals surface area contributed by atoms with Crippen molar-refractivity contribution in [1.29, 1.82) is 0 Å². The Hall–Kier alpha value is -3.25. The largest absolute Gasteiger partial charge is 0.484 e. The monoisotopic (exact) mass is 406 g/mol. The van der Waals surface area contributed by atoms with Crippen molar-refractivity contribution in [2.45, 2.75) is 23.6 Å². The molecule has 5 nitrogen and oxygen atoms in total. The lowest BCUT2D eigenvalue weighted by Crippen LogP contribution is -2.20. The molecule has 0 bridgehead atoms. The van der Waals surface area contributed by atoms with Crippen molar-refractivity contribution in [3.8, 4) is 5.75 Å². The molecular formula is C23H22N2O3S. The number of hydrogen-bond acceptors (Lipinski definition) is 4. The first kappa shape index (κ1) is 20.5. The van der Waals surface area contributed by atoms with Gasteiger partial charge in [-0.05, 0) is 85.6 Å². The summed E-state index contributed by atoms with van der Waals surface area (Å²) in [5, 5.41) is 2.80. The molecule has 0 saturated heterocycles. The number of ether oxygens (including phenoxy) is 1. The average molecular weight is 407 g/mol. The Morgan fingerprint density at radius 1 is 0.897 bits per heavy atom. The van der Waals surface area contributed by atoms with Crippen LogP contribution in [0.3, 0.4) is 0 Å². The van der Waals surface area contributed by atoms with Gasteiger partial charge in [-0.3, -0.25) is 9.59 Å². The van der Waals surface area contributed by atoms with Crippen molar-refractivity contribution in [2.75, 3.05) is 11.9 Å². The number of carbonyl (C=O) groups is 2. The van der Waals surface area contributed by atoms with Crippen LogP contribution >= 0.6 is 11.8 Å². The maximum atomic E-state index is 12.1. The Labute approximate surface area is 174 Å². The zero-order valence-corrected chi connectivity index (χ0v) is 17.1. The Morgan fingerprint density at radius 2 is 1.55 bits per heavy atom. The van der Waals surface area contributed by atoms with Crippen LogP contribution < -0.4 is 15.8 Å². The normalized spacial score (nSPS) is 10.4. The maximum Gasteiger partial charge on any atom is 0.262 e. The minimum atomic E-state index is -0.506. The van der Waals surface area contributed by atoms with Crippen molar-refractivity contribution in [2.24, 2.45) is 5.73 Å². The van der Waals surface area contributed by atoms with E-state index in [1.165, 1.54) is 16.0 Å². The van der Waals surface area contributed by atoms with Crippen molar-refractivity contribution >= 4 is 29.3 Å². The minimum absolute atomic E-state index is 0.130. The van der Waals surface area contributed by atoms with E-state index in [-0.39, 0.29) is 12.5 Å². The molecule has 29 heavy (non-hydrogen) atoms. The molecule has 148 valence electrons. The maximum absolute atomic E-state index is 12.1. The summed E-state index contributed by atoms with van der Waals surface area (Å²) in [6.07, 6.45) is 0. The van der Waals surface area contributed by atoms with Crippen LogP contribution in [-0.4, -0.2) is 18.4 Å². The summed E-state index contributed by atoms with van der Waals surface area (Å²) in [6, 6.07) is 20.4. The summed E-state index contributed by atoms with van der Waals surface area (Å²) in [5.74, 6) is -0.280. The SMILES string of the molecule is Cc1ccc(Sc2ccc(NC(=O)COc3ccc(C(N)=O)cc3)cc2)cc1C. The zero-order chi connectivity index (χ0) is 20.8. The van der Waals surface area contributed by atoms with Crippen LogP contribution in [0.5, 0.6) is 5.75 Å². The fourth-order valence-corrected chi connectivity index (χ4v) is 3.50. The zero-order valence-electron chi connectivity index (χ0n) is 16.3. The lowest BCUT2D eigenvalue weighted by atomic mass is 10.1. The highest BCUT2D eigenvalue weighted by Crippen LogP contribution is 2.29. The van der Waals surface area contributed by atoms with Gasteiger partial charge in [-0.25, -0.2) is 0 Å². The molecule has 2 amide bonds. The van der Waals surface area contributed by atoms with Crippen molar-refractivity contribution < 1.29 is 14.3 Å². The molecule has 0 spiro atoms. The molecule has 3 rings (SSSR count). The summed E-state index contributed by atoms with van der Waals surface area (Å²) >= 11 is 1.68. The second-order valence-electron chi connectivity index (χ2n) is 6.60. The molecule has 0 aliphatic heterocycles. The first-order valence-corrected chi connectivity index (χ1v) is 9.90. The van der Waals surface area contributed by atoms with Gasteiger partial charge in [-0.1, -0.05) is 17.8 Å². The third-order valence-electron chi connectivity index (χ3n) is 4.36. The molecule has 0 saturated carbocycles. The predicted octanol–water partition coefficient (Wildman–Crippen LogP) is 4.57. The van der Waals surface area contributed by atoms with Crippen LogP contribution in [0.25, 0.3) is 0 Å². The number of nitrogens with two attached hydrogens (primary N) is 1. The van der Waals surface area contributed by atoms with E-state index in [1.807, 2.05) is 24.3 Å². The molecule has 3 aromatic carbocycles. The van der Waals surface area contributed by atoms with E-state index in [2.05, 4.69) is 37.4 Å². The third kappa shape index (κ3) is 5.86. The highest BCUT2D eigenvalue weighted by Gasteiger charge is 2.06. The van der Waals surface area contributed by atoms with Gasteiger partial charge in [-0.2, -0.15) is 0 Å². The minimum Gasteiger partial charge on any atom is -0.484 e. The summed E-state index contributed by atoms with van der Waals surface area (Å²) in [6.45, 7) is 4.07. The van der Waals surface area contributed by atoms with Crippen LogP contribution in [0.1, 0.15) is 21.5 Å². The van der Waals surface area contributed by atoms with Gasteiger partial charge in [0.2, 0.25) is 5.91 Å². The smallest absolute Gasteiger partial charge is 0.262 e. The molecule has 0 unspecified atom stereocenters. The van der Waals surface area contributed by atoms with Crippen LogP contribution in [0.4, 0.5) is 5.69 Å². The lowest BCUT2D eigenvalue weighted by Gasteiger charge is -2.09. The van der Waals surface area contributed by atoms with Crippen LogP contribution in [0, 0.1) is 13.8 Å². The van der Waals surface area contributed by atoms with Crippen LogP contribution in [0.15, 0.2) is 76.5 Å². The van der Waals surface area contributed by atoms with E-state index in [0.717, 1.165) is 4.90 Å². The van der Waals surface area contributed by atoms with E-state index >= 15 is 0 Å². The fourth-order valence-electron chi connectivity index (χ4n) is 2.58. The molecule has 0 radical (unpaired) electrons. The molecule has 0 fully saturated rings. The highest BCUT2D eigenvalue weighted by atomic mass is 32.2. The summed E-state index contributed by atoms with van der Waals surface area (Å²) in [5.41, 5.74) is 8.83. The van der Waals surface area contributed by atoms with E-state index in [1.54, 1.807) is 36.0 Å². The Bertz CT molecular complexity index is 1020. The Balaban J connectivity index is 1.51. The summed E-state index contributed by atoms with van der Waals surface area (Å²) in [7, 11) is 0. The third-order valence-corrected chi connectivity index (χ3v) is 5.36. The van der Waals surface area contributed by atoms with E-state index in [4.69, 9.17) is 10.5 Å². The number of amides is 2. The quantitative estimate of drug-likeness (QED) is 0.602. The first-order valence-electron chi connectivity index (χ1n) is 9.08. The molecule has 0 heterocycles. The molecule has 0 aromatic heterocycles. The number of hydrogen-bond donors (Lipinski definition) is 2. The second kappa shape index (κ2) is 9.30. The highest BCUT2D eigenvalue weighted by molar-refractivity contribution is 7.99. The molecule has 3 N–H and O–H groups in total. The van der Waals surface area contributed by atoms with Crippen molar-refractivity contribution in [1.82, 2.24) is 0 Å². The molecule has 0 atom stereocenters. The average Bonchev–Trinajstić information content (AvgIpc) is 2.71. The number of nitrogens with one attached hydrogen (secondary N) is 1.